The third-order valence-electron chi connectivity index (χ3n) is 4.42. The zero-order valence-corrected chi connectivity index (χ0v) is 24.4. The molecule has 1 nitrogen and oxygen atoms in total. The van der Waals surface area contributed by atoms with Gasteiger partial charge in [-0.15, -0.1) is 6.92 Å². The summed E-state index contributed by atoms with van der Waals surface area (Å²) in [6.45, 7) is 11.2. The summed E-state index contributed by atoms with van der Waals surface area (Å²) in [6.07, 6.45) is 4.34. The van der Waals surface area contributed by atoms with Crippen LogP contribution in [0, 0.1) is 12.0 Å². The van der Waals surface area contributed by atoms with Gasteiger partial charge in [-0.3, -0.25) is 6.08 Å². The summed E-state index contributed by atoms with van der Waals surface area (Å²) in [7, 11) is 0.271. The first-order chi connectivity index (χ1) is 12.5. The van der Waals surface area contributed by atoms with Crippen LogP contribution >= 0.6 is 0 Å². The van der Waals surface area contributed by atoms with Crippen molar-refractivity contribution < 1.29 is 50.7 Å². The van der Waals surface area contributed by atoms with E-state index in [0.717, 1.165) is 6.42 Å². The maximum absolute atomic E-state index is 6.45. The van der Waals surface area contributed by atoms with Crippen LogP contribution in [0.5, 0.6) is 0 Å². The van der Waals surface area contributed by atoms with Crippen LogP contribution in [-0.4, -0.2) is 16.1 Å². The van der Waals surface area contributed by atoms with Crippen LogP contribution in [0.4, 0.5) is 0 Å². The zero-order chi connectivity index (χ0) is 19.4. The number of rotatable bonds is 3. The summed E-state index contributed by atoms with van der Waals surface area (Å²) in [5.74, 6) is 0.560. The Balaban J connectivity index is -0.000000376. The minimum atomic E-state index is 0. The molecule has 0 aromatic heterocycles. The Bertz CT molecular complexity index is 664. The summed E-state index contributed by atoms with van der Waals surface area (Å²) < 4.78 is 0. The van der Waals surface area contributed by atoms with Gasteiger partial charge in [-0.05, 0) is 0 Å². The molecule has 0 fully saturated rings. The molecule has 29 heavy (non-hydrogen) atoms. The molecule has 0 spiro atoms. The molecule has 0 saturated heterocycles. The molecule has 1 unspecified atom stereocenters. The standard InChI is InChI=1S/C12H11Si.C9H13.C3H8N.2ClH.Hf/c1-3-7-11(8-4-1)13-12-9-5-2-6-10-12;1-6-5-7(2)9(4)8(6)3;1-2-3-4;;;/h1-10,13H;6H,1-4H3;4H,2-3H2,1H3;2*1H;/q;2*-1;;;+4/p-2. The fourth-order valence-corrected chi connectivity index (χ4v) is 3.67. The Morgan fingerprint density at radius 2 is 1.24 bits per heavy atom. The van der Waals surface area contributed by atoms with Gasteiger partial charge in [0.1, 0.15) is 9.52 Å². The molecule has 2 aromatic rings. The number of nitrogens with one attached hydrogen (secondary N) is 1. The van der Waals surface area contributed by atoms with Gasteiger partial charge in [0.05, 0.1) is 0 Å². The first-order valence-corrected chi connectivity index (χ1v) is 10.5. The fourth-order valence-electron chi connectivity index (χ4n) is 2.45. The minimum Gasteiger partial charge on any atom is -1.00 e. The van der Waals surface area contributed by atoms with E-state index in [9.17, 15) is 0 Å². The van der Waals surface area contributed by atoms with E-state index < -0.39 is 0 Å². The van der Waals surface area contributed by atoms with E-state index in [1.54, 1.807) is 0 Å². The molecule has 155 valence electrons. The minimum absolute atomic E-state index is 0. The number of benzene rings is 2. The number of hydrogen-bond donors (Lipinski definition) is 0. The Hall–Kier alpha value is -0.453. The molecular formula is C24H32Cl2HfNSi. The Kier molecular flexibility index (Phi) is 22.3. The predicted octanol–water partition coefficient (Wildman–Crippen LogP) is -0.750. The zero-order valence-electron chi connectivity index (χ0n) is 18.1. The summed E-state index contributed by atoms with van der Waals surface area (Å²) in [6, 6.07) is 21.3. The van der Waals surface area contributed by atoms with Crippen LogP contribution in [0.2, 0.25) is 0 Å². The summed E-state index contributed by atoms with van der Waals surface area (Å²) >= 11 is 0. The number of hydrogen-bond acceptors (Lipinski definition) is 0. The molecule has 0 bridgehead atoms. The van der Waals surface area contributed by atoms with Crippen molar-refractivity contribution in [1.82, 2.24) is 0 Å². The molecule has 5 heteroatoms. The Morgan fingerprint density at radius 3 is 1.45 bits per heavy atom. The van der Waals surface area contributed by atoms with E-state index in [0.29, 0.717) is 12.5 Å². The van der Waals surface area contributed by atoms with Gasteiger partial charge in [-0.2, -0.15) is 17.7 Å². The topological polar surface area (TPSA) is 23.8 Å². The van der Waals surface area contributed by atoms with Crippen LogP contribution in [0.3, 0.4) is 0 Å². The molecule has 0 aliphatic heterocycles. The molecule has 1 aliphatic carbocycles. The van der Waals surface area contributed by atoms with Crippen LogP contribution in [-0.2, 0) is 25.8 Å². The maximum atomic E-state index is 6.45. The quantitative estimate of drug-likeness (QED) is 0.323. The smallest absolute Gasteiger partial charge is 1.00 e. The van der Waals surface area contributed by atoms with Crippen LogP contribution in [0.25, 0.3) is 5.73 Å². The average Bonchev–Trinajstić information content (AvgIpc) is 2.90. The van der Waals surface area contributed by atoms with E-state index in [-0.39, 0.29) is 60.2 Å². The van der Waals surface area contributed by atoms with Gasteiger partial charge in [0.25, 0.3) is 0 Å². The molecule has 0 heterocycles. The molecule has 1 N–H and O–H groups in total. The van der Waals surface area contributed by atoms with Crippen molar-refractivity contribution in [2.24, 2.45) is 5.92 Å². The van der Waals surface area contributed by atoms with Crippen molar-refractivity contribution in [3.63, 3.8) is 0 Å². The summed E-state index contributed by atoms with van der Waals surface area (Å²) in [5.41, 5.74) is 10.7. The molecule has 1 atom stereocenters. The Morgan fingerprint density at radius 1 is 0.862 bits per heavy atom. The second-order valence-corrected chi connectivity index (χ2v) is 8.14. The van der Waals surface area contributed by atoms with Gasteiger partial charge in [-0.1, -0.05) is 111 Å². The van der Waals surface area contributed by atoms with Crippen LogP contribution in [0.15, 0.2) is 77.4 Å². The van der Waals surface area contributed by atoms with E-state index in [1.807, 2.05) is 6.92 Å². The van der Waals surface area contributed by atoms with Crippen molar-refractivity contribution in [2.75, 3.05) is 6.54 Å². The van der Waals surface area contributed by atoms with Gasteiger partial charge in [0.2, 0.25) is 0 Å². The normalized spacial score (nSPS) is 13.9. The third kappa shape index (κ3) is 13.5. The van der Waals surface area contributed by atoms with Crippen LogP contribution in [0.1, 0.15) is 41.0 Å². The maximum Gasteiger partial charge on any atom is 4.00 e. The predicted molar refractivity (Wildman–Crippen MR) is 119 cm³/mol. The molecule has 0 saturated carbocycles. The van der Waals surface area contributed by atoms with E-state index in [2.05, 4.69) is 94.4 Å². The number of halogens is 2. The van der Waals surface area contributed by atoms with Gasteiger partial charge in [0.15, 0.2) is 0 Å². The van der Waals surface area contributed by atoms with Crippen molar-refractivity contribution >= 4 is 19.9 Å². The van der Waals surface area contributed by atoms with Gasteiger partial charge in [-0.25, -0.2) is 5.57 Å². The second-order valence-electron chi connectivity index (χ2n) is 6.51. The first kappa shape index (κ1) is 33.2. The van der Waals surface area contributed by atoms with E-state index in [1.165, 1.54) is 27.1 Å². The van der Waals surface area contributed by atoms with E-state index >= 15 is 0 Å². The summed E-state index contributed by atoms with van der Waals surface area (Å²) in [4.78, 5) is 0. The van der Waals surface area contributed by atoms with Crippen molar-refractivity contribution in [3.8, 4) is 0 Å². The molecule has 2 aromatic carbocycles. The largest absolute Gasteiger partial charge is 4.00 e. The molecule has 3 rings (SSSR count). The molecular weight excluding hydrogens is 580 g/mol. The second kappa shape index (κ2) is 19.5. The number of allylic oxidation sites excluding steroid dienone is 4. The van der Waals surface area contributed by atoms with E-state index in [4.69, 9.17) is 5.73 Å². The average molecular weight is 612 g/mol. The fraction of sp³-hybridized carbons (Fsp3) is 0.333. The van der Waals surface area contributed by atoms with Crippen molar-refractivity contribution in [2.45, 2.75) is 41.0 Å². The molecule has 1 radical (unpaired) electrons. The monoisotopic (exact) mass is 612 g/mol. The summed E-state index contributed by atoms with van der Waals surface area (Å²) in [5, 5.41) is 2.90. The van der Waals surface area contributed by atoms with Crippen molar-refractivity contribution in [1.29, 1.82) is 0 Å². The van der Waals surface area contributed by atoms with Gasteiger partial charge in [0, 0.05) is 0 Å². The Labute approximate surface area is 212 Å². The van der Waals surface area contributed by atoms with Gasteiger partial charge < -0.3 is 30.5 Å². The molecule has 1 aliphatic rings. The van der Waals surface area contributed by atoms with Crippen LogP contribution < -0.4 is 35.2 Å². The molecule has 0 amide bonds. The third-order valence-corrected chi connectivity index (χ3v) is 5.86. The SMILES string of the molecule is CC1=[C-]C(C)C(C)=C1C.CCC[NH-].[Cl-].[Cl-].[Hf+4].c1ccc([SiH]c2ccccc2)cc1. The first-order valence-electron chi connectivity index (χ1n) is 9.36. The van der Waals surface area contributed by atoms with Crippen molar-refractivity contribution in [3.05, 3.63) is 89.2 Å². The van der Waals surface area contributed by atoms with Gasteiger partial charge >= 0.3 is 25.8 Å².